The second-order valence-electron chi connectivity index (χ2n) is 5.07. The maximum Gasteiger partial charge on any atom is 0.157 e. The molecule has 0 saturated carbocycles. The van der Waals surface area contributed by atoms with E-state index >= 15 is 0 Å². The third-order valence-electron chi connectivity index (χ3n) is 3.81. The van der Waals surface area contributed by atoms with Crippen molar-refractivity contribution in [1.29, 1.82) is 0 Å². The highest BCUT2D eigenvalue weighted by Gasteiger charge is 2.23. The molecule has 1 heterocycles. The number of nitrogens with one attached hydrogen (secondary N) is 1. The molecule has 2 aromatic rings. The number of halogens is 2. The molecule has 21 heavy (non-hydrogen) atoms. The monoisotopic (exact) mass is 413 g/mol. The molecule has 2 aromatic carbocycles. The SMILES string of the molecule is Br.Oc1cc2c(cc1O)C(c1ccccc1Br)CNCC2. The van der Waals surface area contributed by atoms with E-state index in [1.165, 1.54) is 5.56 Å². The third-order valence-corrected chi connectivity index (χ3v) is 4.53. The summed E-state index contributed by atoms with van der Waals surface area (Å²) in [6, 6.07) is 11.5. The van der Waals surface area contributed by atoms with Gasteiger partial charge in [0.25, 0.3) is 0 Å². The van der Waals surface area contributed by atoms with E-state index in [0.29, 0.717) is 0 Å². The van der Waals surface area contributed by atoms with Crippen LogP contribution >= 0.6 is 32.9 Å². The van der Waals surface area contributed by atoms with Crippen molar-refractivity contribution in [2.75, 3.05) is 13.1 Å². The first-order valence-electron chi connectivity index (χ1n) is 6.66. The fraction of sp³-hybridized carbons (Fsp3) is 0.250. The lowest BCUT2D eigenvalue weighted by Gasteiger charge is -2.20. The number of aromatic hydroxyl groups is 2. The standard InChI is InChI=1S/C16H16BrNO2.BrH/c17-14-4-2-1-3-11(14)13-9-18-6-5-10-7-15(19)16(20)8-12(10)13;/h1-4,7-8,13,18-20H,5-6,9H2;1H. The molecule has 1 atom stereocenters. The summed E-state index contributed by atoms with van der Waals surface area (Å²) in [5.74, 6) is 0.0637. The summed E-state index contributed by atoms with van der Waals surface area (Å²) in [5, 5.41) is 22.9. The molecule has 0 spiro atoms. The van der Waals surface area contributed by atoms with Gasteiger partial charge < -0.3 is 15.5 Å². The third kappa shape index (κ3) is 3.25. The molecule has 3 rings (SSSR count). The first-order chi connectivity index (χ1) is 9.66. The number of benzene rings is 2. The molecule has 5 heteroatoms. The van der Waals surface area contributed by atoms with Crippen molar-refractivity contribution >= 4 is 32.9 Å². The van der Waals surface area contributed by atoms with Crippen molar-refractivity contribution in [2.45, 2.75) is 12.3 Å². The van der Waals surface area contributed by atoms with Gasteiger partial charge in [-0.2, -0.15) is 0 Å². The van der Waals surface area contributed by atoms with Crippen molar-refractivity contribution in [2.24, 2.45) is 0 Å². The number of rotatable bonds is 1. The van der Waals surface area contributed by atoms with E-state index in [9.17, 15) is 10.2 Å². The molecule has 0 radical (unpaired) electrons. The first-order valence-corrected chi connectivity index (χ1v) is 7.46. The van der Waals surface area contributed by atoms with E-state index in [1.54, 1.807) is 12.1 Å². The molecule has 0 amide bonds. The highest BCUT2D eigenvalue weighted by molar-refractivity contribution is 9.10. The van der Waals surface area contributed by atoms with Crippen LogP contribution in [0, 0.1) is 0 Å². The zero-order valence-electron chi connectivity index (χ0n) is 11.3. The second-order valence-corrected chi connectivity index (χ2v) is 5.92. The van der Waals surface area contributed by atoms with Gasteiger partial charge in [0.05, 0.1) is 0 Å². The Bertz CT molecular complexity index is 646. The Morgan fingerprint density at radius 2 is 1.76 bits per heavy atom. The molecule has 0 aliphatic carbocycles. The van der Waals surface area contributed by atoms with Gasteiger partial charge in [-0.1, -0.05) is 34.1 Å². The van der Waals surface area contributed by atoms with Crippen LogP contribution in [0.3, 0.4) is 0 Å². The van der Waals surface area contributed by atoms with E-state index in [2.05, 4.69) is 27.3 Å². The van der Waals surface area contributed by atoms with Crippen LogP contribution in [0.1, 0.15) is 22.6 Å². The summed E-state index contributed by atoms with van der Waals surface area (Å²) >= 11 is 3.60. The molecule has 0 bridgehead atoms. The number of hydrogen-bond donors (Lipinski definition) is 3. The number of phenols is 2. The molecule has 3 nitrogen and oxygen atoms in total. The fourth-order valence-electron chi connectivity index (χ4n) is 2.79. The van der Waals surface area contributed by atoms with Crippen LogP contribution in [0.15, 0.2) is 40.9 Å². The molecule has 112 valence electrons. The average molecular weight is 415 g/mol. The molecule has 0 aromatic heterocycles. The summed E-state index contributed by atoms with van der Waals surface area (Å²) in [4.78, 5) is 0. The van der Waals surface area contributed by atoms with E-state index in [4.69, 9.17) is 0 Å². The van der Waals surface area contributed by atoms with Crippen LogP contribution in [0.5, 0.6) is 11.5 Å². The minimum Gasteiger partial charge on any atom is -0.504 e. The van der Waals surface area contributed by atoms with Gasteiger partial charge in [-0.3, -0.25) is 0 Å². The van der Waals surface area contributed by atoms with E-state index < -0.39 is 0 Å². The van der Waals surface area contributed by atoms with Crippen LogP contribution < -0.4 is 5.32 Å². The van der Waals surface area contributed by atoms with E-state index in [-0.39, 0.29) is 34.4 Å². The summed E-state index contributed by atoms with van der Waals surface area (Å²) in [5.41, 5.74) is 3.36. The fourth-order valence-corrected chi connectivity index (χ4v) is 3.35. The van der Waals surface area contributed by atoms with Gasteiger partial charge in [0, 0.05) is 16.9 Å². The molecular weight excluding hydrogens is 398 g/mol. The van der Waals surface area contributed by atoms with Gasteiger partial charge in [0.15, 0.2) is 11.5 Å². The van der Waals surface area contributed by atoms with Gasteiger partial charge in [0.1, 0.15) is 0 Å². The van der Waals surface area contributed by atoms with Gasteiger partial charge in [-0.25, -0.2) is 0 Å². The van der Waals surface area contributed by atoms with Crippen LogP contribution in [-0.4, -0.2) is 23.3 Å². The molecule has 1 aliphatic rings. The Balaban J connectivity index is 0.00000161. The zero-order chi connectivity index (χ0) is 14.1. The zero-order valence-corrected chi connectivity index (χ0v) is 14.6. The quantitative estimate of drug-likeness (QED) is 0.623. The van der Waals surface area contributed by atoms with Crippen molar-refractivity contribution in [3.05, 3.63) is 57.6 Å². The molecule has 0 saturated heterocycles. The highest BCUT2D eigenvalue weighted by Crippen LogP contribution is 2.38. The van der Waals surface area contributed by atoms with E-state index in [1.807, 2.05) is 18.2 Å². The predicted octanol–water partition coefficient (Wildman–Crippen LogP) is 3.72. The van der Waals surface area contributed by atoms with Crippen molar-refractivity contribution in [3.8, 4) is 11.5 Å². The van der Waals surface area contributed by atoms with Gasteiger partial charge in [-0.15, -0.1) is 17.0 Å². The molecule has 0 fully saturated rings. The topological polar surface area (TPSA) is 52.5 Å². The molecule has 3 N–H and O–H groups in total. The van der Waals surface area contributed by atoms with Gasteiger partial charge >= 0.3 is 0 Å². The Morgan fingerprint density at radius 1 is 1.05 bits per heavy atom. The first kappa shape index (κ1) is 16.3. The maximum atomic E-state index is 9.82. The van der Waals surface area contributed by atoms with E-state index in [0.717, 1.165) is 35.1 Å². The smallest absolute Gasteiger partial charge is 0.157 e. The lowest BCUT2D eigenvalue weighted by Crippen LogP contribution is -2.21. The lowest BCUT2D eigenvalue weighted by atomic mass is 9.88. The minimum atomic E-state index is -0.0531. The van der Waals surface area contributed by atoms with Crippen molar-refractivity contribution < 1.29 is 10.2 Å². The Kier molecular flexibility index (Phi) is 5.30. The van der Waals surface area contributed by atoms with Crippen LogP contribution in [-0.2, 0) is 6.42 Å². The summed E-state index contributed by atoms with van der Waals surface area (Å²) in [6.07, 6.45) is 0.851. The molecule has 1 unspecified atom stereocenters. The number of fused-ring (bicyclic) bond motifs is 1. The van der Waals surface area contributed by atoms with Gasteiger partial charge in [-0.05, 0) is 47.9 Å². The summed E-state index contributed by atoms with van der Waals surface area (Å²) in [6.45, 7) is 1.69. The normalized spacial score (nSPS) is 17.5. The van der Waals surface area contributed by atoms with Crippen LogP contribution in [0.4, 0.5) is 0 Å². The summed E-state index contributed by atoms with van der Waals surface area (Å²) < 4.78 is 1.06. The summed E-state index contributed by atoms with van der Waals surface area (Å²) in [7, 11) is 0. The Hall–Kier alpha value is -1.04. The maximum absolute atomic E-state index is 9.82. The Labute approximate surface area is 142 Å². The molecule has 1 aliphatic heterocycles. The largest absolute Gasteiger partial charge is 0.504 e. The van der Waals surface area contributed by atoms with Crippen molar-refractivity contribution in [1.82, 2.24) is 5.32 Å². The average Bonchev–Trinajstić information content (AvgIpc) is 2.63. The number of hydrogen-bond acceptors (Lipinski definition) is 3. The lowest BCUT2D eigenvalue weighted by molar-refractivity contribution is 0.402. The van der Waals surface area contributed by atoms with Crippen LogP contribution in [0.25, 0.3) is 0 Å². The van der Waals surface area contributed by atoms with Gasteiger partial charge in [0.2, 0.25) is 0 Å². The highest BCUT2D eigenvalue weighted by atomic mass is 79.9. The minimum absolute atomic E-state index is 0. The van der Waals surface area contributed by atoms with Crippen LogP contribution in [0.2, 0.25) is 0 Å². The second kappa shape index (κ2) is 6.81. The Morgan fingerprint density at radius 3 is 2.52 bits per heavy atom. The van der Waals surface area contributed by atoms with Crippen molar-refractivity contribution in [3.63, 3.8) is 0 Å². The predicted molar refractivity (Wildman–Crippen MR) is 92.7 cm³/mol. The number of phenolic OH excluding ortho intramolecular Hbond substituents is 2. The molecular formula is C16H17Br2NO2.